The van der Waals surface area contributed by atoms with Crippen molar-refractivity contribution in [1.82, 2.24) is 0 Å². The molecule has 0 radical (unpaired) electrons. The fourth-order valence-corrected chi connectivity index (χ4v) is 2.03. The molecule has 1 aliphatic rings. The maximum Gasteiger partial charge on any atom is 0.274 e. The summed E-state index contributed by atoms with van der Waals surface area (Å²) in [7, 11) is 0. The van der Waals surface area contributed by atoms with Crippen molar-refractivity contribution in [1.29, 1.82) is 0 Å². The minimum atomic E-state index is 0. The first-order chi connectivity index (χ1) is 7.43. The number of aromatic nitrogens is 1. The van der Waals surface area contributed by atoms with Gasteiger partial charge in [-0.25, -0.2) is 4.57 Å². The predicted octanol–water partition coefficient (Wildman–Crippen LogP) is -1.05. The molecule has 3 rings (SSSR count). The molecule has 1 aromatic heterocycles. The second kappa shape index (κ2) is 4.66. The van der Waals surface area contributed by atoms with Crippen LogP contribution in [0.25, 0.3) is 0 Å². The highest BCUT2D eigenvalue weighted by molar-refractivity contribution is 5.35. The van der Waals surface area contributed by atoms with Crippen LogP contribution in [0.4, 0.5) is 5.82 Å². The van der Waals surface area contributed by atoms with E-state index in [4.69, 9.17) is 0 Å². The standard InChI is InChI=1S/C13H12N2.BrH/c1-2-6-12-10-15-8-4-3-7-13(15)14-9-11(12)5-1;/h1-8H,9-10H2;1H. The Hall–Kier alpha value is -1.35. The van der Waals surface area contributed by atoms with Crippen molar-refractivity contribution in [3.63, 3.8) is 0 Å². The van der Waals surface area contributed by atoms with E-state index in [1.807, 2.05) is 0 Å². The smallest absolute Gasteiger partial charge is 0.274 e. The molecule has 2 heterocycles. The molecule has 0 saturated carbocycles. The van der Waals surface area contributed by atoms with E-state index in [1.54, 1.807) is 0 Å². The minimum absolute atomic E-state index is 0. The second-order valence-electron chi connectivity index (χ2n) is 3.84. The molecule has 1 aromatic carbocycles. The molecule has 0 fully saturated rings. The lowest BCUT2D eigenvalue weighted by Crippen LogP contribution is -3.00. The van der Waals surface area contributed by atoms with Gasteiger partial charge < -0.3 is 17.0 Å². The summed E-state index contributed by atoms with van der Waals surface area (Å²) in [6.45, 7) is 1.87. The topological polar surface area (TPSA) is 15.9 Å². The Bertz CT molecular complexity index is 451. The van der Waals surface area contributed by atoms with E-state index in [1.165, 1.54) is 16.9 Å². The number of anilines is 1. The van der Waals surface area contributed by atoms with Gasteiger partial charge in [0.2, 0.25) is 0 Å². The van der Waals surface area contributed by atoms with Gasteiger partial charge in [-0.1, -0.05) is 30.3 Å². The monoisotopic (exact) mass is 276 g/mol. The first kappa shape index (κ1) is 11.1. The van der Waals surface area contributed by atoms with E-state index in [2.05, 4.69) is 58.5 Å². The highest BCUT2D eigenvalue weighted by Crippen LogP contribution is 2.14. The average molecular weight is 277 g/mol. The van der Waals surface area contributed by atoms with E-state index in [-0.39, 0.29) is 17.0 Å². The van der Waals surface area contributed by atoms with Gasteiger partial charge in [0.15, 0.2) is 0 Å². The molecule has 2 aromatic rings. The number of fused-ring (bicyclic) bond motifs is 2. The molecule has 16 heavy (non-hydrogen) atoms. The van der Waals surface area contributed by atoms with Gasteiger partial charge in [-0.3, -0.25) is 5.32 Å². The highest BCUT2D eigenvalue weighted by atomic mass is 79.9. The molecular formula is C13H13BrN2. The third kappa shape index (κ3) is 1.95. The Morgan fingerprint density at radius 3 is 2.56 bits per heavy atom. The SMILES string of the molecule is [Br-].c1ccc2c(c1)CNc1cccc[n+]1C2. The fraction of sp³-hybridized carbons (Fsp3) is 0.154. The Morgan fingerprint density at radius 2 is 1.69 bits per heavy atom. The first-order valence-electron chi connectivity index (χ1n) is 5.22. The summed E-state index contributed by atoms with van der Waals surface area (Å²) in [4.78, 5) is 0. The third-order valence-electron chi connectivity index (χ3n) is 2.86. The number of rotatable bonds is 0. The molecular weight excluding hydrogens is 264 g/mol. The van der Waals surface area contributed by atoms with Crippen LogP contribution in [0.15, 0.2) is 48.7 Å². The van der Waals surface area contributed by atoms with Crippen molar-refractivity contribution in [3.8, 4) is 0 Å². The van der Waals surface area contributed by atoms with Crippen molar-refractivity contribution in [2.45, 2.75) is 13.1 Å². The summed E-state index contributed by atoms with van der Waals surface area (Å²) < 4.78 is 2.24. The molecule has 0 unspecified atom stereocenters. The van der Waals surface area contributed by atoms with Crippen LogP contribution in [0.2, 0.25) is 0 Å². The molecule has 0 atom stereocenters. The largest absolute Gasteiger partial charge is 1.00 e. The van der Waals surface area contributed by atoms with Crippen LogP contribution >= 0.6 is 0 Å². The predicted molar refractivity (Wildman–Crippen MR) is 59.5 cm³/mol. The van der Waals surface area contributed by atoms with Crippen LogP contribution < -0.4 is 26.9 Å². The molecule has 82 valence electrons. The average Bonchev–Trinajstić information content (AvgIpc) is 2.48. The number of hydrogen-bond donors (Lipinski definition) is 1. The van der Waals surface area contributed by atoms with Gasteiger partial charge in [0.25, 0.3) is 5.82 Å². The van der Waals surface area contributed by atoms with E-state index in [0.29, 0.717) is 0 Å². The lowest BCUT2D eigenvalue weighted by molar-refractivity contribution is -0.673. The number of hydrogen-bond acceptors (Lipinski definition) is 1. The van der Waals surface area contributed by atoms with Crippen LogP contribution in [0, 0.1) is 0 Å². The van der Waals surface area contributed by atoms with E-state index < -0.39 is 0 Å². The van der Waals surface area contributed by atoms with Crippen molar-refractivity contribution in [2.75, 3.05) is 5.32 Å². The van der Waals surface area contributed by atoms with Crippen LogP contribution in [-0.2, 0) is 13.1 Å². The highest BCUT2D eigenvalue weighted by Gasteiger charge is 2.15. The normalized spacial score (nSPS) is 12.5. The van der Waals surface area contributed by atoms with Gasteiger partial charge in [0.1, 0.15) is 13.1 Å². The van der Waals surface area contributed by atoms with Gasteiger partial charge in [-0.2, -0.15) is 0 Å². The molecule has 1 aliphatic heterocycles. The molecule has 2 nitrogen and oxygen atoms in total. The van der Waals surface area contributed by atoms with Crippen LogP contribution in [0.5, 0.6) is 0 Å². The molecule has 3 heteroatoms. The second-order valence-corrected chi connectivity index (χ2v) is 3.84. The Morgan fingerprint density at radius 1 is 0.938 bits per heavy atom. The van der Waals surface area contributed by atoms with E-state index in [0.717, 1.165) is 13.1 Å². The van der Waals surface area contributed by atoms with Gasteiger partial charge in [0.05, 0.1) is 6.20 Å². The molecule has 0 saturated heterocycles. The van der Waals surface area contributed by atoms with E-state index >= 15 is 0 Å². The Balaban J connectivity index is 0.000000963. The van der Waals surface area contributed by atoms with Crippen LogP contribution in [0.3, 0.4) is 0 Å². The lowest BCUT2D eigenvalue weighted by Gasteiger charge is -2.01. The summed E-state index contributed by atoms with van der Waals surface area (Å²) in [5.41, 5.74) is 2.79. The van der Waals surface area contributed by atoms with Crippen LogP contribution in [0.1, 0.15) is 11.1 Å². The summed E-state index contributed by atoms with van der Waals surface area (Å²) >= 11 is 0. The number of nitrogens with one attached hydrogen (secondary N) is 1. The van der Waals surface area contributed by atoms with Crippen molar-refractivity contribution in [3.05, 3.63) is 59.8 Å². The molecule has 1 N–H and O–H groups in total. The zero-order valence-corrected chi connectivity index (χ0v) is 10.4. The zero-order valence-electron chi connectivity index (χ0n) is 8.86. The van der Waals surface area contributed by atoms with E-state index in [9.17, 15) is 0 Å². The van der Waals surface area contributed by atoms with Gasteiger partial charge >= 0.3 is 0 Å². The number of pyridine rings is 1. The van der Waals surface area contributed by atoms with Crippen molar-refractivity contribution < 1.29 is 21.5 Å². The van der Waals surface area contributed by atoms with Crippen LogP contribution in [-0.4, -0.2) is 0 Å². The minimum Gasteiger partial charge on any atom is -1.00 e. The number of nitrogens with zero attached hydrogens (tertiary/aromatic N) is 1. The first-order valence-corrected chi connectivity index (χ1v) is 5.22. The summed E-state index contributed by atoms with van der Waals surface area (Å²) in [6.07, 6.45) is 2.12. The van der Waals surface area contributed by atoms with Crippen molar-refractivity contribution >= 4 is 5.82 Å². The number of halogens is 1. The maximum atomic E-state index is 3.44. The third-order valence-corrected chi connectivity index (χ3v) is 2.86. The Labute approximate surface area is 106 Å². The Kier molecular flexibility index (Phi) is 3.25. The van der Waals surface area contributed by atoms with Gasteiger partial charge in [0, 0.05) is 17.2 Å². The van der Waals surface area contributed by atoms with Crippen molar-refractivity contribution in [2.24, 2.45) is 0 Å². The molecule has 0 amide bonds. The van der Waals surface area contributed by atoms with Gasteiger partial charge in [-0.05, 0) is 6.07 Å². The quantitative estimate of drug-likeness (QED) is 0.608. The zero-order chi connectivity index (χ0) is 10.1. The van der Waals surface area contributed by atoms with Gasteiger partial charge in [-0.15, -0.1) is 0 Å². The molecule has 0 bridgehead atoms. The summed E-state index contributed by atoms with van der Waals surface area (Å²) in [6, 6.07) is 14.8. The maximum absolute atomic E-state index is 3.44. The lowest BCUT2D eigenvalue weighted by atomic mass is 10.1. The summed E-state index contributed by atoms with van der Waals surface area (Å²) in [5.74, 6) is 1.19. The fourth-order valence-electron chi connectivity index (χ4n) is 2.03. The summed E-state index contributed by atoms with van der Waals surface area (Å²) in [5, 5.41) is 3.44. The molecule has 0 aliphatic carbocycles. The molecule has 0 spiro atoms. The number of benzene rings is 1.